The number of anilines is 1. The SMILES string of the molecule is O=C(COC(=O)c1ccc([N+](=O)[O-])o1)Nc1ccccc1C(=O)NCc1ccccc1. The quantitative estimate of drug-likeness (QED) is 0.322. The highest BCUT2D eigenvalue weighted by Gasteiger charge is 2.20. The first-order chi connectivity index (χ1) is 14.9. The minimum Gasteiger partial charge on any atom is -0.450 e. The fourth-order valence-electron chi connectivity index (χ4n) is 2.59. The van der Waals surface area contributed by atoms with Crippen molar-refractivity contribution in [3.8, 4) is 0 Å². The second kappa shape index (κ2) is 9.83. The van der Waals surface area contributed by atoms with Gasteiger partial charge >= 0.3 is 11.9 Å². The molecule has 0 radical (unpaired) electrons. The lowest BCUT2D eigenvalue weighted by atomic mass is 10.1. The largest absolute Gasteiger partial charge is 0.450 e. The van der Waals surface area contributed by atoms with E-state index in [2.05, 4.69) is 10.6 Å². The Kier molecular flexibility index (Phi) is 6.74. The van der Waals surface area contributed by atoms with Crippen LogP contribution >= 0.6 is 0 Å². The molecule has 1 aromatic heterocycles. The van der Waals surface area contributed by atoms with Crippen molar-refractivity contribution in [1.82, 2.24) is 5.32 Å². The number of hydrogen-bond acceptors (Lipinski definition) is 7. The summed E-state index contributed by atoms with van der Waals surface area (Å²) in [7, 11) is 0. The number of hydrogen-bond donors (Lipinski definition) is 2. The fraction of sp³-hybridized carbons (Fsp3) is 0.0952. The summed E-state index contributed by atoms with van der Waals surface area (Å²) in [5.74, 6) is -3.14. The molecule has 0 aliphatic rings. The van der Waals surface area contributed by atoms with Gasteiger partial charge in [-0.15, -0.1) is 0 Å². The molecular weight excluding hydrogens is 406 g/mol. The van der Waals surface area contributed by atoms with Gasteiger partial charge in [0.05, 0.1) is 17.3 Å². The Labute approximate surface area is 176 Å². The minimum atomic E-state index is -1.03. The number of nitro groups is 1. The van der Waals surface area contributed by atoms with E-state index in [-0.39, 0.29) is 17.2 Å². The lowest BCUT2D eigenvalue weighted by Crippen LogP contribution is -2.26. The van der Waals surface area contributed by atoms with Crippen molar-refractivity contribution in [3.05, 3.63) is 93.7 Å². The zero-order valence-electron chi connectivity index (χ0n) is 16.1. The van der Waals surface area contributed by atoms with Gasteiger partial charge in [0.1, 0.15) is 4.92 Å². The normalized spacial score (nSPS) is 10.2. The molecule has 3 rings (SSSR count). The lowest BCUT2D eigenvalue weighted by molar-refractivity contribution is -0.402. The number of esters is 1. The van der Waals surface area contributed by atoms with Crippen molar-refractivity contribution >= 4 is 29.4 Å². The molecule has 10 nitrogen and oxygen atoms in total. The topological polar surface area (TPSA) is 141 Å². The number of carbonyl (C=O) groups excluding carboxylic acids is 3. The lowest BCUT2D eigenvalue weighted by Gasteiger charge is -2.11. The van der Waals surface area contributed by atoms with Crippen molar-refractivity contribution in [2.75, 3.05) is 11.9 Å². The van der Waals surface area contributed by atoms with Gasteiger partial charge in [-0.05, 0) is 23.8 Å². The molecule has 31 heavy (non-hydrogen) atoms. The number of nitrogens with one attached hydrogen (secondary N) is 2. The van der Waals surface area contributed by atoms with Crippen LogP contribution in [0.5, 0.6) is 0 Å². The molecule has 0 spiro atoms. The number of furan rings is 1. The summed E-state index contributed by atoms with van der Waals surface area (Å²) in [5.41, 5.74) is 1.39. The molecule has 3 aromatic rings. The Morgan fingerprint density at radius 2 is 1.68 bits per heavy atom. The Bertz CT molecular complexity index is 1110. The highest BCUT2D eigenvalue weighted by atomic mass is 16.7. The fourth-order valence-corrected chi connectivity index (χ4v) is 2.59. The van der Waals surface area contributed by atoms with Gasteiger partial charge in [-0.25, -0.2) is 4.79 Å². The highest BCUT2D eigenvalue weighted by molar-refractivity contribution is 6.04. The molecule has 158 valence electrons. The molecule has 0 aliphatic carbocycles. The molecule has 0 atom stereocenters. The maximum atomic E-state index is 12.5. The van der Waals surface area contributed by atoms with Crippen LogP contribution in [0.3, 0.4) is 0 Å². The predicted octanol–water partition coefficient (Wildman–Crippen LogP) is 2.91. The van der Waals surface area contributed by atoms with Crippen LogP contribution < -0.4 is 10.6 Å². The molecule has 1 heterocycles. The maximum Gasteiger partial charge on any atom is 0.433 e. The number of ether oxygens (including phenoxy) is 1. The van der Waals surface area contributed by atoms with Crippen LogP contribution in [-0.4, -0.2) is 29.3 Å². The number of amides is 2. The van der Waals surface area contributed by atoms with Crippen LogP contribution in [0.2, 0.25) is 0 Å². The molecule has 2 N–H and O–H groups in total. The number of rotatable bonds is 8. The molecule has 10 heteroatoms. The van der Waals surface area contributed by atoms with Crippen molar-refractivity contribution in [2.45, 2.75) is 6.54 Å². The monoisotopic (exact) mass is 423 g/mol. The van der Waals surface area contributed by atoms with Crippen LogP contribution in [0, 0.1) is 10.1 Å². The van der Waals surface area contributed by atoms with E-state index in [1.165, 1.54) is 6.07 Å². The Morgan fingerprint density at radius 3 is 2.39 bits per heavy atom. The zero-order chi connectivity index (χ0) is 22.2. The standard InChI is InChI=1S/C21H17N3O7/c25-18(13-30-21(27)17-10-11-19(31-17)24(28)29)23-16-9-5-4-8-15(16)20(26)22-12-14-6-2-1-3-7-14/h1-11H,12-13H2,(H,22,26)(H,23,25). The van der Waals surface area contributed by atoms with Gasteiger partial charge in [0.25, 0.3) is 11.8 Å². The Hall–Kier alpha value is -4.47. The van der Waals surface area contributed by atoms with Crippen molar-refractivity contribution in [3.63, 3.8) is 0 Å². The van der Waals surface area contributed by atoms with E-state index in [0.717, 1.165) is 17.7 Å². The van der Waals surface area contributed by atoms with Gasteiger partial charge in [0.15, 0.2) is 6.61 Å². The van der Waals surface area contributed by atoms with Gasteiger partial charge in [0, 0.05) is 6.54 Å². The summed E-state index contributed by atoms with van der Waals surface area (Å²) >= 11 is 0. The first-order valence-corrected chi connectivity index (χ1v) is 9.06. The summed E-state index contributed by atoms with van der Waals surface area (Å²) < 4.78 is 9.51. The van der Waals surface area contributed by atoms with E-state index in [1.807, 2.05) is 30.3 Å². The predicted molar refractivity (Wildman–Crippen MR) is 108 cm³/mol. The summed E-state index contributed by atoms with van der Waals surface area (Å²) in [6.45, 7) is -0.359. The van der Waals surface area contributed by atoms with E-state index in [9.17, 15) is 24.5 Å². The van der Waals surface area contributed by atoms with Gasteiger partial charge < -0.3 is 19.8 Å². The zero-order valence-corrected chi connectivity index (χ0v) is 16.1. The Balaban J connectivity index is 1.56. The first kappa shape index (κ1) is 21.2. The third kappa shape index (κ3) is 5.76. The first-order valence-electron chi connectivity index (χ1n) is 9.06. The molecule has 0 bridgehead atoms. The summed E-state index contributed by atoms with van der Waals surface area (Å²) in [5, 5.41) is 15.9. The highest BCUT2D eigenvalue weighted by Crippen LogP contribution is 2.17. The molecular formula is C21H17N3O7. The van der Waals surface area contributed by atoms with Crippen LogP contribution in [-0.2, 0) is 16.1 Å². The summed E-state index contributed by atoms with van der Waals surface area (Å²) in [6, 6.07) is 17.8. The summed E-state index contributed by atoms with van der Waals surface area (Å²) in [6.07, 6.45) is 0. The molecule has 0 aliphatic heterocycles. The van der Waals surface area contributed by atoms with E-state index in [0.29, 0.717) is 6.54 Å². The third-order valence-corrected chi connectivity index (χ3v) is 4.05. The van der Waals surface area contributed by atoms with Crippen molar-refractivity contribution in [1.29, 1.82) is 0 Å². The van der Waals surface area contributed by atoms with E-state index in [4.69, 9.17) is 9.15 Å². The molecule has 0 saturated heterocycles. The molecule has 2 amide bonds. The van der Waals surface area contributed by atoms with E-state index >= 15 is 0 Å². The second-order valence-corrected chi connectivity index (χ2v) is 6.23. The smallest absolute Gasteiger partial charge is 0.433 e. The van der Waals surface area contributed by atoms with Crippen molar-refractivity contribution in [2.24, 2.45) is 0 Å². The minimum absolute atomic E-state index is 0.236. The molecule has 0 unspecified atom stereocenters. The van der Waals surface area contributed by atoms with Crippen LogP contribution in [0.4, 0.5) is 11.6 Å². The summed E-state index contributed by atoms with van der Waals surface area (Å²) in [4.78, 5) is 46.3. The molecule has 0 saturated carbocycles. The Morgan fingerprint density at radius 1 is 0.968 bits per heavy atom. The van der Waals surface area contributed by atoms with Crippen molar-refractivity contribution < 1.29 is 28.5 Å². The second-order valence-electron chi connectivity index (χ2n) is 6.23. The average molecular weight is 423 g/mol. The number of benzene rings is 2. The number of carbonyl (C=O) groups is 3. The van der Waals surface area contributed by atoms with Crippen LogP contribution in [0.25, 0.3) is 0 Å². The number of nitrogens with zero attached hydrogens (tertiary/aromatic N) is 1. The van der Waals surface area contributed by atoms with Crippen LogP contribution in [0.1, 0.15) is 26.5 Å². The average Bonchev–Trinajstić information content (AvgIpc) is 3.28. The van der Waals surface area contributed by atoms with E-state index in [1.54, 1.807) is 18.2 Å². The van der Waals surface area contributed by atoms with Gasteiger partial charge in [-0.1, -0.05) is 42.5 Å². The number of para-hydroxylation sites is 1. The van der Waals surface area contributed by atoms with E-state index < -0.39 is 35.1 Å². The molecule has 2 aromatic carbocycles. The van der Waals surface area contributed by atoms with Gasteiger partial charge in [-0.2, -0.15) is 0 Å². The third-order valence-electron chi connectivity index (χ3n) is 4.05. The molecule has 0 fully saturated rings. The van der Waals surface area contributed by atoms with Gasteiger partial charge in [0.2, 0.25) is 5.76 Å². The maximum absolute atomic E-state index is 12.5. The van der Waals surface area contributed by atoms with Crippen LogP contribution in [0.15, 0.2) is 71.1 Å². The van der Waals surface area contributed by atoms with Gasteiger partial charge in [-0.3, -0.25) is 19.7 Å².